The number of hydrogen-bond acceptors (Lipinski definition) is 5. The van der Waals surface area contributed by atoms with Gasteiger partial charge in [-0.25, -0.2) is 15.0 Å². The molecule has 0 amide bonds. The second-order valence-electron chi connectivity index (χ2n) is 4.12. The first-order valence-corrected chi connectivity index (χ1v) is 5.58. The fourth-order valence-electron chi connectivity index (χ4n) is 1.47. The van der Waals surface area contributed by atoms with Crippen LogP contribution in [0.1, 0.15) is 25.5 Å². The minimum atomic E-state index is -0.193. The molecule has 0 aromatic carbocycles. The highest BCUT2D eigenvalue weighted by Crippen LogP contribution is 2.17. The fraction of sp³-hybridized carbons (Fsp3) is 0.333. The van der Waals surface area contributed by atoms with Crippen LogP contribution in [0, 0.1) is 0 Å². The van der Waals surface area contributed by atoms with Crippen LogP contribution in [0.15, 0.2) is 23.3 Å². The van der Waals surface area contributed by atoms with Gasteiger partial charge in [0.25, 0.3) is 5.56 Å². The maximum Gasteiger partial charge on any atom is 0.251 e. The molecule has 2 aromatic heterocycles. The summed E-state index contributed by atoms with van der Waals surface area (Å²) in [6.07, 6.45) is 1.37. The van der Waals surface area contributed by atoms with Crippen LogP contribution in [0.5, 0.6) is 5.88 Å². The van der Waals surface area contributed by atoms with Gasteiger partial charge < -0.3 is 9.72 Å². The predicted octanol–water partition coefficient (Wildman–Crippen LogP) is 1.36. The summed E-state index contributed by atoms with van der Waals surface area (Å²) < 4.78 is 5.01. The molecule has 2 rings (SSSR count). The Kier molecular flexibility index (Phi) is 3.36. The lowest BCUT2D eigenvalue weighted by Gasteiger charge is -2.06. The lowest BCUT2D eigenvalue weighted by Crippen LogP contribution is -2.11. The van der Waals surface area contributed by atoms with Gasteiger partial charge in [-0.1, -0.05) is 13.8 Å². The Morgan fingerprint density at radius 1 is 1.28 bits per heavy atom. The smallest absolute Gasteiger partial charge is 0.251 e. The molecule has 0 aliphatic heterocycles. The zero-order valence-electron chi connectivity index (χ0n) is 10.5. The van der Waals surface area contributed by atoms with Gasteiger partial charge in [-0.05, 0) is 5.92 Å². The molecule has 2 aromatic rings. The number of aromatic nitrogens is 4. The molecule has 0 atom stereocenters. The molecule has 6 heteroatoms. The van der Waals surface area contributed by atoms with Crippen LogP contribution in [-0.2, 0) is 0 Å². The number of nitrogens with zero attached hydrogens (tertiary/aromatic N) is 3. The number of ether oxygens (including phenoxy) is 1. The molecule has 0 aliphatic rings. The number of aromatic amines is 1. The van der Waals surface area contributed by atoms with E-state index in [0.29, 0.717) is 17.4 Å². The second-order valence-corrected chi connectivity index (χ2v) is 4.12. The third-order valence-corrected chi connectivity index (χ3v) is 2.45. The van der Waals surface area contributed by atoms with E-state index in [1.54, 1.807) is 6.07 Å². The van der Waals surface area contributed by atoms with Gasteiger partial charge >= 0.3 is 0 Å². The summed E-state index contributed by atoms with van der Waals surface area (Å²) in [4.78, 5) is 26.6. The van der Waals surface area contributed by atoms with E-state index in [9.17, 15) is 4.79 Å². The van der Waals surface area contributed by atoms with Crippen molar-refractivity contribution in [2.24, 2.45) is 0 Å². The first-order valence-electron chi connectivity index (χ1n) is 5.58. The molecule has 1 N–H and O–H groups in total. The average Bonchev–Trinajstić information content (AvgIpc) is 2.38. The zero-order chi connectivity index (χ0) is 13.1. The molecule has 6 nitrogen and oxygen atoms in total. The van der Waals surface area contributed by atoms with Gasteiger partial charge in [0.1, 0.15) is 12.0 Å². The van der Waals surface area contributed by atoms with E-state index in [0.717, 1.165) is 5.69 Å². The lowest BCUT2D eigenvalue weighted by atomic mass is 10.1. The SMILES string of the molecule is COc1cc(-c2nc(C(C)C)cc(=O)[nH]2)ncn1. The first-order chi connectivity index (χ1) is 8.60. The molecule has 0 unspecified atom stereocenters. The summed E-state index contributed by atoms with van der Waals surface area (Å²) in [6, 6.07) is 3.12. The zero-order valence-corrected chi connectivity index (χ0v) is 10.5. The predicted molar refractivity (Wildman–Crippen MR) is 66.5 cm³/mol. The van der Waals surface area contributed by atoms with E-state index in [1.807, 2.05) is 13.8 Å². The van der Waals surface area contributed by atoms with Gasteiger partial charge in [0.2, 0.25) is 5.88 Å². The van der Waals surface area contributed by atoms with Crippen LogP contribution in [0.4, 0.5) is 0 Å². The Morgan fingerprint density at radius 2 is 2.06 bits per heavy atom. The van der Waals surface area contributed by atoms with Crippen LogP contribution in [0.25, 0.3) is 11.5 Å². The largest absolute Gasteiger partial charge is 0.481 e. The van der Waals surface area contributed by atoms with Crippen molar-refractivity contribution < 1.29 is 4.74 Å². The van der Waals surface area contributed by atoms with Crippen molar-refractivity contribution in [3.05, 3.63) is 34.5 Å². The number of methoxy groups -OCH3 is 1. The van der Waals surface area contributed by atoms with Crippen molar-refractivity contribution in [1.29, 1.82) is 0 Å². The Balaban J connectivity index is 2.52. The van der Waals surface area contributed by atoms with E-state index in [4.69, 9.17) is 4.74 Å². The summed E-state index contributed by atoms with van der Waals surface area (Å²) in [6.45, 7) is 3.96. The minimum absolute atomic E-state index is 0.176. The molecule has 0 radical (unpaired) electrons. The Morgan fingerprint density at radius 3 is 2.72 bits per heavy atom. The summed E-state index contributed by atoms with van der Waals surface area (Å²) in [5, 5.41) is 0. The quantitative estimate of drug-likeness (QED) is 0.884. The number of rotatable bonds is 3. The Hall–Kier alpha value is -2.24. The van der Waals surface area contributed by atoms with Crippen molar-refractivity contribution in [1.82, 2.24) is 19.9 Å². The van der Waals surface area contributed by atoms with Crippen LogP contribution in [-0.4, -0.2) is 27.0 Å². The van der Waals surface area contributed by atoms with Crippen LogP contribution >= 0.6 is 0 Å². The average molecular weight is 246 g/mol. The molecule has 0 saturated heterocycles. The number of nitrogens with one attached hydrogen (secondary N) is 1. The highest BCUT2D eigenvalue weighted by molar-refractivity contribution is 5.50. The minimum Gasteiger partial charge on any atom is -0.481 e. The van der Waals surface area contributed by atoms with Gasteiger partial charge in [0, 0.05) is 12.1 Å². The van der Waals surface area contributed by atoms with Gasteiger partial charge in [-0.3, -0.25) is 4.79 Å². The summed E-state index contributed by atoms with van der Waals surface area (Å²) in [5.41, 5.74) is 1.06. The van der Waals surface area contributed by atoms with E-state index < -0.39 is 0 Å². The molecule has 0 saturated carbocycles. The molecule has 18 heavy (non-hydrogen) atoms. The number of H-pyrrole nitrogens is 1. The van der Waals surface area contributed by atoms with Crippen molar-refractivity contribution in [3.8, 4) is 17.4 Å². The van der Waals surface area contributed by atoms with Crippen LogP contribution in [0.2, 0.25) is 0 Å². The van der Waals surface area contributed by atoms with Crippen molar-refractivity contribution >= 4 is 0 Å². The van der Waals surface area contributed by atoms with Crippen molar-refractivity contribution in [3.63, 3.8) is 0 Å². The third-order valence-electron chi connectivity index (χ3n) is 2.45. The molecule has 0 bridgehead atoms. The van der Waals surface area contributed by atoms with Gasteiger partial charge in [-0.2, -0.15) is 0 Å². The van der Waals surface area contributed by atoms with Gasteiger partial charge in [0.05, 0.1) is 12.8 Å². The molecular formula is C12H14N4O2. The molecule has 0 aliphatic carbocycles. The van der Waals surface area contributed by atoms with Gasteiger partial charge in [-0.15, -0.1) is 0 Å². The van der Waals surface area contributed by atoms with Crippen LogP contribution in [0.3, 0.4) is 0 Å². The van der Waals surface area contributed by atoms with E-state index in [1.165, 1.54) is 19.5 Å². The van der Waals surface area contributed by atoms with Crippen LogP contribution < -0.4 is 10.3 Å². The fourth-order valence-corrected chi connectivity index (χ4v) is 1.47. The molecular weight excluding hydrogens is 232 g/mol. The molecule has 0 fully saturated rings. The lowest BCUT2D eigenvalue weighted by molar-refractivity contribution is 0.397. The van der Waals surface area contributed by atoms with Crippen molar-refractivity contribution in [2.75, 3.05) is 7.11 Å². The third kappa shape index (κ3) is 2.53. The Labute approximate surface area is 104 Å². The topological polar surface area (TPSA) is 80.8 Å². The maximum absolute atomic E-state index is 11.6. The summed E-state index contributed by atoms with van der Waals surface area (Å²) >= 11 is 0. The number of hydrogen-bond donors (Lipinski definition) is 1. The molecule has 2 heterocycles. The highest BCUT2D eigenvalue weighted by Gasteiger charge is 2.09. The molecule has 94 valence electrons. The maximum atomic E-state index is 11.6. The van der Waals surface area contributed by atoms with E-state index >= 15 is 0 Å². The highest BCUT2D eigenvalue weighted by atomic mass is 16.5. The molecule has 0 spiro atoms. The van der Waals surface area contributed by atoms with Crippen molar-refractivity contribution in [2.45, 2.75) is 19.8 Å². The standard InChI is InChI=1S/C12H14N4O2/c1-7(2)8-4-10(17)16-12(15-8)9-5-11(18-3)14-6-13-9/h4-7H,1-3H3,(H,15,16,17). The first kappa shape index (κ1) is 12.2. The van der Waals surface area contributed by atoms with Gasteiger partial charge in [0.15, 0.2) is 5.82 Å². The summed E-state index contributed by atoms with van der Waals surface area (Å²) in [5.74, 6) is 1.03. The summed E-state index contributed by atoms with van der Waals surface area (Å²) in [7, 11) is 1.52. The monoisotopic (exact) mass is 246 g/mol. The Bertz CT molecular complexity index is 607. The van der Waals surface area contributed by atoms with E-state index in [2.05, 4.69) is 19.9 Å². The second kappa shape index (κ2) is 4.95. The van der Waals surface area contributed by atoms with E-state index in [-0.39, 0.29) is 11.5 Å². The normalized spacial score (nSPS) is 10.7.